The highest BCUT2D eigenvalue weighted by Crippen LogP contribution is 2.28. The van der Waals surface area contributed by atoms with Crippen molar-refractivity contribution in [2.75, 3.05) is 19.5 Å². The number of anilines is 1. The number of nitrogens with one attached hydrogen (secondary N) is 1. The van der Waals surface area contributed by atoms with Gasteiger partial charge in [0.05, 0.1) is 25.5 Å². The number of amides is 1. The summed E-state index contributed by atoms with van der Waals surface area (Å²) < 4.78 is 9.84. The van der Waals surface area contributed by atoms with Gasteiger partial charge in [0.1, 0.15) is 5.75 Å². The molecular weight excluding hydrogens is 284 g/mol. The quantitative estimate of drug-likeness (QED) is 0.811. The summed E-state index contributed by atoms with van der Waals surface area (Å²) in [4.78, 5) is 24.0. The Balaban J connectivity index is 2.10. The minimum atomic E-state index is -0.522. The van der Waals surface area contributed by atoms with Crippen molar-refractivity contribution in [1.82, 2.24) is 0 Å². The molecular formula is C16H22N2O4. The Morgan fingerprint density at radius 1 is 1.32 bits per heavy atom. The predicted octanol–water partition coefficient (Wildman–Crippen LogP) is 1.94. The second-order valence-corrected chi connectivity index (χ2v) is 5.51. The fourth-order valence-corrected chi connectivity index (χ4v) is 2.80. The van der Waals surface area contributed by atoms with Crippen LogP contribution in [0.4, 0.5) is 5.69 Å². The molecule has 0 radical (unpaired) electrons. The zero-order valence-electron chi connectivity index (χ0n) is 12.9. The van der Waals surface area contributed by atoms with E-state index in [1.54, 1.807) is 18.2 Å². The monoisotopic (exact) mass is 306 g/mol. The number of rotatable bonds is 5. The summed E-state index contributed by atoms with van der Waals surface area (Å²) in [5.41, 5.74) is 6.68. The van der Waals surface area contributed by atoms with Crippen LogP contribution >= 0.6 is 0 Å². The van der Waals surface area contributed by atoms with Crippen LogP contribution in [-0.2, 0) is 9.53 Å². The predicted molar refractivity (Wildman–Crippen MR) is 82.9 cm³/mol. The lowest BCUT2D eigenvalue weighted by atomic mass is 10.00. The van der Waals surface area contributed by atoms with Crippen LogP contribution in [0.2, 0.25) is 0 Å². The maximum Gasteiger partial charge on any atom is 0.340 e. The number of hydrogen-bond donors (Lipinski definition) is 2. The minimum Gasteiger partial charge on any atom is -0.497 e. The number of hydrogen-bond acceptors (Lipinski definition) is 5. The first-order chi connectivity index (χ1) is 10.5. The van der Waals surface area contributed by atoms with Crippen molar-refractivity contribution in [3.63, 3.8) is 0 Å². The Hall–Kier alpha value is -2.08. The molecule has 0 aromatic heterocycles. The molecule has 120 valence electrons. The number of methoxy groups -OCH3 is 2. The van der Waals surface area contributed by atoms with Crippen LogP contribution in [0.25, 0.3) is 0 Å². The van der Waals surface area contributed by atoms with E-state index in [0.717, 1.165) is 19.3 Å². The second-order valence-electron chi connectivity index (χ2n) is 5.51. The van der Waals surface area contributed by atoms with Crippen molar-refractivity contribution in [2.45, 2.75) is 31.7 Å². The summed E-state index contributed by atoms with van der Waals surface area (Å²) in [6.45, 7) is 0. The summed E-state index contributed by atoms with van der Waals surface area (Å²) in [7, 11) is 2.81. The molecule has 2 rings (SSSR count). The standard InChI is InChI=1S/C16H22N2O4/c1-21-11-6-7-14(12(9-11)16(20)22-2)18-15(19)8-10-4-3-5-13(10)17/h6-7,9-10,13H,3-5,8,17H2,1-2H3,(H,18,19)/t10-,13+/m0/s1. The lowest BCUT2D eigenvalue weighted by Gasteiger charge is -2.16. The van der Waals surface area contributed by atoms with E-state index in [0.29, 0.717) is 17.9 Å². The van der Waals surface area contributed by atoms with E-state index in [2.05, 4.69) is 5.32 Å². The van der Waals surface area contributed by atoms with Crippen molar-refractivity contribution in [3.05, 3.63) is 23.8 Å². The molecule has 0 saturated heterocycles. The van der Waals surface area contributed by atoms with Gasteiger partial charge in [0.2, 0.25) is 5.91 Å². The zero-order valence-corrected chi connectivity index (χ0v) is 12.9. The third-order valence-corrected chi connectivity index (χ3v) is 4.07. The highest BCUT2D eigenvalue weighted by Gasteiger charge is 2.26. The average molecular weight is 306 g/mol. The number of nitrogens with two attached hydrogens (primary N) is 1. The molecule has 1 aliphatic carbocycles. The normalized spacial score (nSPS) is 20.5. The molecule has 1 aliphatic rings. The highest BCUT2D eigenvalue weighted by molar-refractivity contribution is 6.01. The zero-order chi connectivity index (χ0) is 16.1. The summed E-state index contributed by atoms with van der Waals surface area (Å²) in [5, 5.41) is 2.77. The van der Waals surface area contributed by atoms with E-state index in [1.807, 2.05) is 0 Å². The molecule has 2 atom stereocenters. The van der Waals surface area contributed by atoms with Gasteiger partial charge in [0.15, 0.2) is 0 Å². The first-order valence-corrected chi connectivity index (χ1v) is 7.37. The van der Waals surface area contributed by atoms with E-state index >= 15 is 0 Å². The number of carbonyl (C=O) groups excluding carboxylic acids is 2. The van der Waals surface area contributed by atoms with Gasteiger partial charge in [-0.25, -0.2) is 4.79 Å². The van der Waals surface area contributed by atoms with E-state index < -0.39 is 5.97 Å². The smallest absolute Gasteiger partial charge is 0.340 e. The first kappa shape index (κ1) is 16.3. The van der Waals surface area contributed by atoms with Gasteiger partial charge in [0.25, 0.3) is 0 Å². The van der Waals surface area contributed by atoms with Crippen LogP contribution in [0, 0.1) is 5.92 Å². The number of esters is 1. The van der Waals surface area contributed by atoms with Crippen molar-refractivity contribution in [3.8, 4) is 5.75 Å². The molecule has 1 aromatic rings. The molecule has 1 amide bonds. The maximum atomic E-state index is 12.2. The number of carbonyl (C=O) groups is 2. The molecule has 3 N–H and O–H groups in total. The molecule has 1 saturated carbocycles. The molecule has 0 bridgehead atoms. The molecule has 0 unspecified atom stereocenters. The van der Waals surface area contributed by atoms with Gasteiger partial charge >= 0.3 is 5.97 Å². The summed E-state index contributed by atoms with van der Waals surface area (Å²) >= 11 is 0. The van der Waals surface area contributed by atoms with Crippen LogP contribution in [0.5, 0.6) is 5.75 Å². The molecule has 22 heavy (non-hydrogen) atoms. The molecule has 0 aliphatic heterocycles. The van der Waals surface area contributed by atoms with Crippen molar-refractivity contribution < 1.29 is 19.1 Å². The largest absolute Gasteiger partial charge is 0.497 e. The third-order valence-electron chi connectivity index (χ3n) is 4.07. The van der Waals surface area contributed by atoms with Crippen LogP contribution < -0.4 is 15.8 Å². The van der Waals surface area contributed by atoms with E-state index in [9.17, 15) is 9.59 Å². The van der Waals surface area contributed by atoms with Gasteiger partial charge in [-0.2, -0.15) is 0 Å². The fraction of sp³-hybridized carbons (Fsp3) is 0.500. The molecule has 6 heteroatoms. The van der Waals surface area contributed by atoms with E-state index in [4.69, 9.17) is 15.2 Å². The topological polar surface area (TPSA) is 90.6 Å². The fourth-order valence-electron chi connectivity index (χ4n) is 2.80. The van der Waals surface area contributed by atoms with Gasteiger partial charge in [-0.3, -0.25) is 4.79 Å². The third kappa shape index (κ3) is 3.76. The number of ether oxygens (including phenoxy) is 2. The second kappa shape index (κ2) is 7.26. The summed E-state index contributed by atoms with van der Waals surface area (Å²) in [6, 6.07) is 4.95. The molecule has 1 aromatic carbocycles. The molecule has 1 fully saturated rings. The van der Waals surface area contributed by atoms with Crippen molar-refractivity contribution in [2.24, 2.45) is 11.7 Å². The summed E-state index contributed by atoms with van der Waals surface area (Å²) in [5.74, 6) is 0.0699. The van der Waals surface area contributed by atoms with Gasteiger partial charge in [-0.15, -0.1) is 0 Å². The Morgan fingerprint density at radius 2 is 2.09 bits per heavy atom. The molecule has 0 spiro atoms. The van der Waals surface area contributed by atoms with Crippen molar-refractivity contribution >= 4 is 17.6 Å². The number of benzene rings is 1. The van der Waals surface area contributed by atoms with Crippen LogP contribution in [0.15, 0.2) is 18.2 Å². The Morgan fingerprint density at radius 3 is 2.68 bits per heavy atom. The van der Waals surface area contributed by atoms with Gasteiger partial charge in [0, 0.05) is 12.5 Å². The van der Waals surface area contributed by atoms with Gasteiger partial charge in [-0.05, 0) is 37.0 Å². The van der Waals surface area contributed by atoms with Crippen molar-refractivity contribution in [1.29, 1.82) is 0 Å². The van der Waals surface area contributed by atoms with Crippen LogP contribution in [0.3, 0.4) is 0 Å². The van der Waals surface area contributed by atoms with E-state index in [-0.39, 0.29) is 23.4 Å². The Kier molecular flexibility index (Phi) is 5.38. The van der Waals surface area contributed by atoms with Crippen LogP contribution in [0.1, 0.15) is 36.0 Å². The molecule has 0 heterocycles. The van der Waals surface area contributed by atoms with Gasteiger partial charge < -0.3 is 20.5 Å². The first-order valence-electron chi connectivity index (χ1n) is 7.37. The minimum absolute atomic E-state index is 0.0849. The average Bonchev–Trinajstić information content (AvgIpc) is 2.92. The van der Waals surface area contributed by atoms with Gasteiger partial charge in [-0.1, -0.05) is 6.42 Å². The molecule has 6 nitrogen and oxygen atoms in total. The maximum absolute atomic E-state index is 12.2. The SMILES string of the molecule is COC(=O)c1cc(OC)ccc1NC(=O)C[C@@H]1CCC[C@H]1N. The Labute approximate surface area is 130 Å². The summed E-state index contributed by atoms with van der Waals surface area (Å²) in [6.07, 6.45) is 3.37. The van der Waals surface area contributed by atoms with Crippen LogP contribution in [-0.4, -0.2) is 32.1 Å². The Bertz CT molecular complexity index is 559. The van der Waals surface area contributed by atoms with E-state index in [1.165, 1.54) is 14.2 Å². The lowest BCUT2D eigenvalue weighted by Crippen LogP contribution is -2.28. The highest BCUT2D eigenvalue weighted by atomic mass is 16.5. The lowest BCUT2D eigenvalue weighted by molar-refractivity contribution is -0.117.